The smallest absolute Gasteiger partial charge is 0.126 e. The fourth-order valence-corrected chi connectivity index (χ4v) is 2.58. The van der Waals surface area contributed by atoms with E-state index in [-0.39, 0.29) is 0 Å². The molecular formula is C18H23NO2. The van der Waals surface area contributed by atoms with Gasteiger partial charge in [-0.25, -0.2) is 0 Å². The standard InChI is InChI=1S/C18H23NO2/c1-4-19(13-15-9-6-5-7-10-15)16-11-8-12-17(21-3)18(16)14(2)20/h5-12,14,20H,4,13H2,1-3H3/t14-/m0/s1. The number of nitrogens with zero attached hydrogens (tertiary/aromatic N) is 1. The van der Waals surface area contributed by atoms with Crippen LogP contribution >= 0.6 is 0 Å². The third kappa shape index (κ3) is 3.56. The first-order valence-corrected chi connectivity index (χ1v) is 7.31. The lowest BCUT2D eigenvalue weighted by Gasteiger charge is -2.28. The Hall–Kier alpha value is -2.00. The Morgan fingerprint density at radius 2 is 1.81 bits per heavy atom. The van der Waals surface area contributed by atoms with E-state index >= 15 is 0 Å². The summed E-state index contributed by atoms with van der Waals surface area (Å²) in [5.41, 5.74) is 3.12. The highest BCUT2D eigenvalue weighted by Crippen LogP contribution is 2.35. The summed E-state index contributed by atoms with van der Waals surface area (Å²) < 4.78 is 5.41. The summed E-state index contributed by atoms with van der Waals surface area (Å²) in [5.74, 6) is 0.731. The molecule has 3 heteroatoms. The van der Waals surface area contributed by atoms with Crippen LogP contribution in [0.4, 0.5) is 5.69 Å². The number of hydrogen-bond donors (Lipinski definition) is 1. The molecule has 0 heterocycles. The molecule has 0 spiro atoms. The average molecular weight is 285 g/mol. The lowest BCUT2D eigenvalue weighted by atomic mass is 10.0. The lowest BCUT2D eigenvalue weighted by molar-refractivity contribution is 0.194. The highest BCUT2D eigenvalue weighted by Gasteiger charge is 2.18. The van der Waals surface area contributed by atoms with Crippen molar-refractivity contribution in [2.45, 2.75) is 26.5 Å². The maximum atomic E-state index is 10.1. The molecule has 1 N–H and O–H groups in total. The average Bonchev–Trinajstić information content (AvgIpc) is 2.52. The van der Waals surface area contributed by atoms with Gasteiger partial charge < -0.3 is 14.7 Å². The minimum absolute atomic E-state index is 0.569. The Morgan fingerprint density at radius 1 is 1.10 bits per heavy atom. The largest absolute Gasteiger partial charge is 0.496 e. The Balaban J connectivity index is 2.38. The Labute approximate surface area is 126 Å². The minimum Gasteiger partial charge on any atom is -0.496 e. The Kier molecular flexibility index (Phi) is 5.23. The molecule has 0 aliphatic rings. The topological polar surface area (TPSA) is 32.7 Å². The summed E-state index contributed by atoms with van der Waals surface area (Å²) in [5, 5.41) is 10.1. The molecule has 0 saturated carbocycles. The number of aliphatic hydroxyl groups is 1. The molecule has 0 fully saturated rings. The van der Waals surface area contributed by atoms with Crippen LogP contribution in [0.15, 0.2) is 48.5 Å². The predicted octanol–water partition coefficient (Wildman–Crippen LogP) is 3.78. The van der Waals surface area contributed by atoms with Gasteiger partial charge in [-0.2, -0.15) is 0 Å². The van der Waals surface area contributed by atoms with E-state index in [9.17, 15) is 5.11 Å². The molecule has 0 amide bonds. The van der Waals surface area contributed by atoms with Crippen molar-refractivity contribution in [1.29, 1.82) is 0 Å². The van der Waals surface area contributed by atoms with Gasteiger partial charge in [-0.15, -0.1) is 0 Å². The molecule has 0 aliphatic heterocycles. The fraction of sp³-hybridized carbons (Fsp3) is 0.333. The van der Waals surface area contributed by atoms with Crippen molar-refractivity contribution in [2.24, 2.45) is 0 Å². The van der Waals surface area contributed by atoms with Gasteiger partial charge in [0.05, 0.1) is 13.2 Å². The summed E-state index contributed by atoms with van der Waals surface area (Å²) >= 11 is 0. The van der Waals surface area contributed by atoms with Crippen molar-refractivity contribution >= 4 is 5.69 Å². The Morgan fingerprint density at radius 3 is 2.38 bits per heavy atom. The van der Waals surface area contributed by atoms with Crippen LogP contribution in [0, 0.1) is 0 Å². The fourth-order valence-electron chi connectivity index (χ4n) is 2.58. The van der Waals surface area contributed by atoms with Gasteiger partial charge in [-0.1, -0.05) is 36.4 Å². The summed E-state index contributed by atoms with van der Waals surface area (Å²) in [6.07, 6.45) is -0.569. The molecular weight excluding hydrogens is 262 g/mol. The van der Waals surface area contributed by atoms with E-state index < -0.39 is 6.10 Å². The van der Waals surface area contributed by atoms with Crippen molar-refractivity contribution in [2.75, 3.05) is 18.6 Å². The number of anilines is 1. The normalized spacial score (nSPS) is 12.0. The zero-order valence-corrected chi connectivity index (χ0v) is 12.9. The van der Waals surface area contributed by atoms with Gasteiger partial charge in [-0.05, 0) is 31.5 Å². The summed E-state index contributed by atoms with van der Waals surface area (Å²) in [7, 11) is 1.64. The van der Waals surface area contributed by atoms with Crippen molar-refractivity contribution in [1.82, 2.24) is 0 Å². The van der Waals surface area contributed by atoms with E-state index in [1.54, 1.807) is 14.0 Å². The van der Waals surface area contributed by atoms with E-state index in [1.807, 2.05) is 36.4 Å². The molecule has 2 aromatic rings. The second kappa shape index (κ2) is 7.14. The van der Waals surface area contributed by atoms with Crippen LogP contribution in [0.1, 0.15) is 31.1 Å². The number of rotatable bonds is 6. The third-order valence-corrected chi connectivity index (χ3v) is 3.62. The molecule has 21 heavy (non-hydrogen) atoms. The lowest BCUT2D eigenvalue weighted by Crippen LogP contribution is -2.24. The minimum atomic E-state index is -0.569. The molecule has 3 nitrogen and oxygen atoms in total. The highest BCUT2D eigenvalue weighted by atomic mass is 16.5. The van der Waals surface area contributed by atoms with Crippen LogP contribution in [-0.2, 0) is 6.54 Å². The van der Waals surface area contributed by atoms with Gasteiger partial charge in [0, 0.05) is 24.3 Å². The molecule has 2 aromatic carbocycles. The van der Waals surface area contributed by atoms with Gasteiger partial charge in [0.25, 0.3) is 0 Å². The summed E-state index contributed by atoms with van der Waals surface area (Å²) in [4.78, 5) is 2.25. The zero-order valence-electron chi connectivity index (χ0n) is 12.9. The first-order chi connectivity index (χ1) is 10.2. The third-order valence-electron chi connectivity index (χ3n) is 3.62. The molecule has 2 rings (SSSR count). The van der Waals surface area contributed by atoms with E-state index in [0.717, 1.165) is 30.1 Å². The van der Waals surface area contributed by atoms with E-state index in [1.165, 1.54) is 5.56 Å². The second-order valence-electron chi connectivity index (χ2n) is 5.07. The van der Waals surface area contributed by atoms with Gasteiger partial charge in [0.1, 0.15) is 5.75 Å². The molecule has 0 saturated heterocycles. The number of hydrogen-bond acceptors (Lipinski definition) is 3. The van der Waals surface area contributed by atoms with Crippen molar-refractivity contribution < 1.29 is 9.84 Å². The number of ether oxygens (including phenoxy) is 1. The van der Waals surface area contributed by atoms with Gasteiger partial charge >= 0.3 is 0 Å². The number of benzene rings is 2. The quantitative estimate of drug-likeness (QED) is 0.877. The van der Waals surface area contributed by atoms with Gasteiger partial charge in [-0.3, -0.25) is 0 Å². The van der Waals surface area contributed by atoms with Crippen molar-refractivity contribution in [3.63, 3.8) is 0 Å². The van der Waals surface area contributed by atoms with Crippen LogP contribution in [0.5, 0.6) is 5.75 Å². The second-order valence-corrected chi connectivity index (χ2v) is 5.07. The highest BCUT2D eigenvalue weighted by molar-refractivity contribution is 5.60. The zero-order chi connectivity index (χ0) is 15.2. The van der Waals surface area contributed by atoms with Crippen LogP contribution in [-0.4, -0.2) is 18.8 Å². The SMILES string of the molecule is CCN(Cc1ccccc1)c1cccc(OC)c1[C@H](C)O. The maximum absolute atomic E-state index is 10.1. The van der Waals surface area contributed by atoms with E-state index in [4.69, 9.17) is 4.74 Å². The van der Waals surface area contributed by atoms with E-state index in [2.05, 4.69) is 24.0 Å². The molecule has 0 aromatic heterocycles. The Bertz CT molecular complexity index is 567. The first-order valence-electron chi connectivity index (χ1n) is 7.31. The molecule has 0 unspecified atom stereocenters. The molecule has 1 atom stereocenters. The molecule has 0 bridgehead atoms. The maximum Gasteiger partial charge on any atom is 0.126 e. The van der Waals surface area contributed by atoms with Crippen molar-refractivity contribution in [3.8, 4) is 5.75 Å². The predicted molar refractivity (Wildman–Crippen MR) is 86.8 cm³/mol. The number of aliphatic hydroxyl groups excluding tert-OH is 1. The van der Waals surface area contributed by atoms with Gasteiger partial charge in [0.2, 0.25) is 0 Å². The summed E-state index contributed by atoms with van der Waals surface area (Å²) in [6.45, 7) is 5.57. The monoisotopic (exact) mass is 285 g/mol. The van der Waals surface area contributed by atoms with Crippen LogP contribution in [0.2, 0.25) is 0 Å². The molecule has 0 aliphatic carbocycles. The van der Waals surface area contributed by atoms with E-state index in [0.29, 0.717) is 0 Å². The van der Waals surface area contributed by atoms with Gasteiger partial charge in [0.15, 0.2) is 0 Å². The number of methoxy groups -OCH3 is 1. The first kappa shape index (κ1) is 15.4. The summed E-state index contributed by atoms with van der Waals surface area (Å²) in [6, 6.07) is 16.2. The van der Waals surface area contributed by atoms with Crippen LogP contribution < -0.4 is 9.64 Å². The van der Waals surface area contributed by atoms with Crippen LogP contribution in [0.25, 0.3) is 0 Å². The van der Waals surface area contributed by atoms with Crippen LogP contribution in [0.3, 0.4) is 0 Å². The molecule has 112 valence electrons. The molecule has 0 radical (unpaired) electrons. The van der Waals surface area contributed by atoms with Crippen molar-refractivity contribution in [3.05, 3.63) is 59.7 Å².